The van der Waals surface area contributed by atoms with Crippen molar-refractivity contribution >= 4 is 43.1 Å². The molecular weight excluding hydrogens is 700 g/mol. The molecule has 0 aromatic carbocycles. The van der Waals surface area contributed by atoms with E-state index in [-0.39, 0.29) is 22.9 Å². The normalized spacial score (nSPS) is 17.2. The van der Waals surface area contributed by atoms with Crippen LogP contribution in [-0.2, 0) is 52.6 Å². The minimum Gasteiger partial charge on any atom is -0.381 e. The Morgan fingerprint density at radius 2 is 1.42 bits per heavy atom. The molecule has 2 aromatic heterocycles. The summed E-state index contributed by atoms with van der Waals surface area (Å²) in [6.07, 6.45) is -0.349. The number of amides is 2. The Morgan fingerprint density at radius 1 is 0.860 bits per heavy atom. The zero-order valence-corrected chi connectivity index (χ0v) is 31.6. The Balaban J connectivity index is 0.000000271. The summed E-state index contributed by atoms with van der Waals surface area (Å²) >= 11 is 0. The van der Waals surface area contributed by atoms with E-state index in [9.17, 15) is 39.6 Å². The molecule has 0 bridgehead atoms. The predicted octanol–water partition coefficient (Wildman–Crippen LogP) is 5.45. The summed E-state index contributed by atoms with van der Waals surface area (Å²) in [6, 6.07) is 4.84. The van der Waals surface area contributed by atoms with Crippen LogP contribution in [-0.4, -0.2) is 77.1 Å². The van der Waals surface area contributed by atoms with Crippen LogP contribution in [0.1, 0.15) is 98.4 Å². The number of aromatic nitrogens is 3. The lowest BCUT2D eigenvalue weighted by molar-refractivity contribution is -0.141. The number of carbonyl (C=O) groups excluding carboxylic acids is 2. The number of rotatable bonds is 9. The molecule has 0 atom stereocenters. The number of ether oxygens (including phenoxy) is 1. The third-order valence-corrected chi connectivity index (χ3v) is 14.9. The van der Waals surface area contributed by atoms with E-state index in [1.807, 2.05) is 20.8 Å². The largest absolute Gasteiger partial charge is 0.433 e. The van der Waals surface area contributed by atoms with Gasteiger partial charge in [-0.3, -0.25) is 14.3 Å². The molecule has 50 heavy (non-hydrogen) atoms. The molecule has 1 aliphatic heterocycles. The second-order valence-corrected chi connectivity index (χ2v) is 20.3. The van der Waals surface area contributed by atoms with Gasteiger partial charge >= 0.3 is 6.18 Å². The average Bonchev–Trinajstić information content (AvgIpc) is 3.68. The molecule has 0 spiro atoms. The fourth-order valence-electron chi connectivity index (χ4n) is 5.46. The van der Waals surface area contributed by atoms with Crippen LogP contribution in [0.3, 0.4) is 0 Å². The van der Waals surface area contributed by atoms with Crippen molar-refractivity contribution in [3.63, 3.8) is 0 Å². The Hall–Kier alpha value is -3.05. The van der Waals surface area contributed by atoms with Crippen LogP contribution in [0, 0.1) is 5.92 Å². The minimum absolute atomic E-state index is 0.104. The standard InChI is InChI=1S/C17H29N3O3S.C16H21F3N2O4S/c1-16(2,3)13-11-14(20(6)19-13)18-15(21)17(4,5)24(22,23)12-9-7-8-10-12;1-15(2,26(23,24)10-11-6-8-25-9-7-11)14(22)21-13-5-3-4-12(20-13)16(17,18)19/h11-12H,7-10H2,1-6H3,(H,18,21);3-5,11H,6-10H2,1-2H3,(H,20,21,22). The van der Waals surface area contributed by atoms with E-state index in [2.05, 4.69) is 20.7 Å². The number of anilines is 2. The summed E-state index contributed by atoms with van der Waals surface area (Å²) < 4.78 is 92.7. The maximum atomic E-state index is 12.9. The average molecular weight is 750 g/mol. The molecular formula is C33H50F3N5O7S2. The zero-order chi connectivity index (χ0) is 37.9. The molecule has 1 saturated heterocycles. The number of pyridine rings is 1. The minimum atomic E-state index is -4.66. The van der Waals surface area contributed by atoms with Gasteiger partial charge in [0, 0.05) is 31.7 Å². The number of alkyl halides is 3. The second-order valence-electron chi connectivity index (χ2n) is 14.9. The summed E-state index contributed by atoms with van der Waals surface area (Å²) in [7, 11) is -5.63. The molecule has 17 heteroatoms. The molecule has 282 valence electrons. The van der Waals surface area contributed by atoms with Gasteiger partial charge in [-0.2, -0.15) is 18.3 Å². The van der Waals surface area contributed by atoms with Crippen molar-refractivity contribution in [3.8, 4) is 0 Å². The topological polar surface area (TPSA) is 166 Å². The van der Waals surface area contributed by atoms with Crippen LogP contribution in [0.5, 0.6) is 0 Å². The molecule has 12 nitrogen and oxygen atoms in total. The van der Waals surface area contributed by atoms with E-state index in [1.165, 1.54) is 33.8 Å². The molecule has 2 amide bonds. The first kappa shape index (κ1) is 41.4. The Bertz CT molecular complexity index is 1740. The third-order valence-electron chi connectivity index (χ3n) is 9.29. The van der Waals surface area contributed by atoms with E-state index in [4.69, 9.17) is 4.74 Å². The van der Waals surface area contributed by atoms with Crippen molar-refractivity contribution in [2.24, 2.45) is 13.0 Å². The lowest BCUT2D eigenvalue weighted by Crippen LogP contribution is -2.48. The lowest BCUT2D eigenvalue weighted by Gasteiger charge is -2.28. The molecule has 2 N–H and O–H groups in total. The highest BCUT2D eigenvalue weighted by molar-refractivity contribution is 7.94. The van der Waals surface area contributed by atoms with Crippen LogP contribution in [0.4, 0.5) is 24.8 Å². The van der Waals surface area contributed by atoms with Crippen molar-refractivity contribution in [2.75, 3.05) is 29.6 Å². The van der Waals surface area contributed by atoms with E-state index >= 15 is 0 Å². The monoisotopic (exact) mass is 749 g/mol. The molecule has 4 rings (SSSR count). The Kier molecular flexibility index (Phi) is 12.6. The highest BCUT2D eigenvalue weighted by Crippen LogP contribution is 2.34. The number of aryl methyl sites for hydroxylation is 1. The zero-order valence-electron chi connectivity index (χ0n) is 30.0. The maximum Gasteiger partial charge on any atom is 0.433 e. The number of nitrogens with one attached hydrogen (secondary N) is 2. The molecule has 2 fully saturated rings. The van der Waals surface area contributed by atoms with Crippen LogP contribution in [0.15, 0.2) is 24.3 Å². The van der Waals surface area contributed by atoms with Gasteiger partial charge in [0.1, 0.15) is 26.8 Å². The fourth-order valence-corrected chi connectivity index (χ4v) is 9.26. The number of halogens is 3. The SMILES string of the molecule is CC(C)(C(=O)Nc1cccc(C(F)(F)F)n1)S(=O)(=O)CC1CCOCC1.Cn1nc(C(C)(C)C)cc1NC(=O)C(C)(C)S(=O)(=O)C1CCCC1. The first-order chi connectivity index (χ1) is 22.8. The van der Waals surface area contributed by atoms with Crippen LogP contribution < -0.4 is 10.6 Å². The first-order valence-electron chi connectivity index (χ1n) is 16.6. The summed E-state index contributed by atoms with van der Waals surface area (Å²) in [5.74, 6) is -1.53. The Labute approximate surface area is 293 Å². The highest BCUT2D eigenvalue weighted by atomic mass is 32.2. The lowest BCUT2D eigenvalue weighted by atomic mass is 9.92. The Morgan fingerprint density at radius 3 is 1.94 bits per heavy atom. The smallest absolute Gasteiger partial charge is 0.381 e. The highest BCUT2D eigenvalue weighted by Gasteiger charge is 2.47. The summed E-state index contributed by atoms with van der Waals surface area (Å²) in [6.45, 7) is 12.5. The van der Waals surface area contributed by atoms with Gasteiger partial charge in [0.15, 0.2) is 19.7 Å². The van der Waals surface area contributed by atoms with Crippen molar-refractivity contribution in [1.82, 2.24) is 14.8 Å². The molecule has 2 aliphatic rings. The van der Waals surface area contributed by atoms with Gasteiger partial charge in [-0.15, -0.1) is 0 Å². The van der Waals surface area contributed by atoms with Crippen molar-refractivity contribution < 1.29 is 44.3 Å². The van der Waals surface area contributed by atoms with Crippen LogP contribution in [0.2, 0.25) is 0 Å². The van der Waals surface area contributed by atoms with E-state index in [0.717, 1.165) is 30.7 Å². The van der Waals surface area contributed by atoms with Gasteiger partial charge in [-0.05, 0) is 71.4 Å². The first-order valence-corrected chi connectivity index (χ1v) is 19.8. The molecule has 1 aliphatic carbocycles. The summed E-state index contributed by atoms with van der Waals surface area (Å²) in [5, 5.41) is 8.94. The van der Waals surface area contributed by atoms with Crippen LogP contribution >= 0.6 is 0 Å². The fraction of sp³-hybridized carbons (Fsp3) is 0.697. The molecule has 1 saturated carbocycles. The molecule has 3 heterocycles. The van der Waals surface area contributed by atoms with Crippen molar-refractivity contribution in [2.45, 2.75) is 113 Å². The number of carbonyl (C=O) groups is 2. The quantitative estimate of drug-likeness (QED) is 0.339. The van der Waals surface area contributed by atoms with Gasteiger partial charge in [0.2, 0.25) is 11.8 Å². The van der Waals surface area contributed by atoms with Gasteiger partial charge < -0.3 is 15.4 Å². The molecule has 2 aromatic rings. The van der Waals surface area contributed by atoms with Gasteiger partial charge in [-0.25, -0.2) is 21.8 Å². The predicted molar refractivity (Wildman–Crippen MR) is 185 cm³/mol. The van der Waals surface area contributed by atoms with Gasteiger partial charge in [-0.1, -0.05) is 39.7 Å². The number of hydrogen-bond donors (Lipinski definition) is 2. The summed E-state index contributed by atoms with van der Waals surface area (Å²) in [4.78, 5) is 28.5. The number of nitrogens with zero attached hydrogens (tertiary/aromatic N) is 3. The second kappa shape index (κ2) is 15.3. The van der Waals surface area contributed by atoms with E-state index < -0.39 is 58.1 Å². The van der Waals surface area contributed by atoms with Crippen molar-refractivity contribution in [1.29, 1.82) is 0 Å². The number of sulfone groups is 2. The van der Waals surface area contributed by atoms with E-state index in [0.29, 0.717) is 44.7 Å². The van der Waals surface area contributed by atoms with E-state index in [1.54, 1.807) is 17.8 Å². The molecule has 0 unspecified atom stereocenters. The van der Waals surface area contributed by atoms with Gasteiger partial charge in [0.05, 0.1) is 16.7 Å². The van der Waals surface area contributed by atoms with Crippen molar-refractivity contribution in [3.05, 3.63) is 35.7 Å². The maximum absolute atomic E-state index is 12.9. The number of hydrogen-bond acceptors (Lipinski definition) is 9. The van der Waals surface area contributed by atoms with Gasteiger partial charge in [0.25, 0.3) is 0 Å². The molecule has 0 radical (unpaired) electrons. The van der Waals surface area contributed by atoms with Crippen LogP contribution in [0.25, 0.3) is 0 Å². The third kappa shape index (κ3) is 9.63. The summed E-state index contributed by atoms with van der Waals surface area (Å²) in [5.41, 5.74) is -0.471.